The zero-order valence-corrected chi connectivity index (χ0v) is 75.9. The maximum Gasteiger partial charge on any atom is 0.0542 e. The molecular formula is C130H88N8. The number of fused-ring (bicyclic) bond motifs is 12. The molecule has 0 amide bonds. The molecule has 0 aliphatic carbocycles. The Morgan fingerprint density at radius 2 is 0.341 bits per heavy atom. The van der Waals surface area contributed by atoms with E-state index >= 15 is 0 Å². The van der Waals surface area contributed by atoms with Gasteiger partial charge in [0.25, 0.3) is 0 Å². The van der Waals surface area contributed by atoms with Crippen LogP contribution in [0.25, 0.3) is 175 Å². The predicted molar refractivity (Wildman–Crippen MR) is 586 cm³/mol. The highest BCUT2D eigenvalue weighted by Crippen LogP contribution is 2.54. The van der Waals surface area contributed by atoms with E-state index in [1.54, 1.807) is 0 Å². The predicted octanol–water partition coefficient (Wildman–Crippen LogP) is 36.1. The minimum absolute atomic E-state index is 1.11. The van der Waals surface area contributed by atoms with Crippen molar-refractivity contribution >= 4 is 220 Å². The van der Waals surface area contributed by atoms with Crippen molar-refractivity contribution in [3.8, 4) is 22.7 Å². The van der Waals surface area contributed by atoms with Gasteiger partial charge in [-0.05, 0) is 286 Å². The number of hydrogen-bond acceptors (Lipinski definition) is 4. The second-order valence-corrected chi connectivity index (χ2v) is 36.4. The van der Waals surface area contributed by atoms with Gasteiger partial charge >= 0.3 is 0 Å². The summed E-state index contributed by atoms with van der Waals surface area (Å²) in [4.78, 5) is 9.82. The van der Waals surface area contributed by atoms with Crippen LogP contribution in [0.15, 0.2) is 497 Å². The van der Waals surface area contributed by atoms with Gasteiger partial charge in [0.05, 0.1) is 66.9 Å². The van der Waals surface area contributed by atoms with Crippen LogP contribution in [0.5, 0.6) is 0 Å². The van der Waals surface area contributed by atoms with Crippen LogP contribution < -0.4 is 19.6 Å². The summed E-state index contributed by atoms with van der Waals surface area (Å²) in [7, 11) is 0. The van der Waals surface area contributed by atoms with E-state index in [0.29, 0.717) is 0 Å². The fraction of sp³-hybridized carbons (Fsp3) is 0.0154. The van der Waals surface area contributed by atoms with E-state index in [2.05, 4.69) is 549 Å². The first-order valence-corrected chi connectivity index (χ1v) is 47.5. The highest BCUT2D eigenvalue weighted by molar-refractivity contribution is 6.31. The standard InChI is InChI=1S/C66H46N4.C64H42N4/c1-43-15-13-21-49(39-43)67(51-31-37-63-57(41-51)53-23-9-11-25-59(53)69(63)47-17-5-3-6-18-47)61-35-29-45-28-34-56-62(36-30-46-27-33-55(61)65(45)66(46)56)68(50-22-14-16-44(2)40-50)52-32-38-64-58(42-52)54-24-10-12-26-60(54)70(64)48-19-7-4-8-20-48;1-5-17-45(18-6-1)65(49-33-39-61-55(41-49)51-25-13-15-27-57(51)67(61)47-21-9-3-10-22-47)59-37-31-43-30-36-54-60(38-32-44-29-35-53(59)63(43)64(44)54)66(46-19-7-2-8-20-46)50-34-40-62-56(42-50)52-26-14-16-28-58(52)68(62)48-23-11-4-12-24-48/h3-42H,1-2H3;1-42H. The average molecular weight is 1760 g/mol. The largest absolute Gasteiger partial charge is 0.310 e. The third-order valence-electron chi connectivity index (χ3n) is 28.5. The fourth-order valence-electron chi connectivity index (χ4n) is 22.5. The van der Waals surface area contributed by atoms with Gasteiger partial charge < -0.3 is 37.9 Å². The average Bonchev–Trinajstić information content (AvgIpc) is 0.987. The van der Waals surface area contributed by atoms with Gasteiger partial charge in [-0.3, -0.25) is 0 Å². The maximum absolute atomic E-state index is 2.47. The van der Waals surface area contributed by atoms with Crippen molar-refractivity contribution in [2.24, 2.45) is 0 Å². The lowest BCUT2D eigenvalue weighted by atomic mass is 9.91. The van der Waals surface area contributed by atoms with Crippen molar-refractivity contribution in [3.63, 3.8) is 0 Å². The number of nitrogens with zero attached hydrogens (tertiary/aromatic N) is 8. The molecule has 8 heteroatoms. The zero-order chi connectivity index (χ0) is 91.2. The lowest BCUT2D eigenvalue weighted by Gasteiger charge is -2.29. The van der Waals surface area contributed by atoms with Crippen LogP contribution in [-0.4, -0.2) is 18.3 Å². The highest BCUT2D eigenvalue weighted by atomic mass is 15.2. The van der Waals surface area contributed by atoms with Gasteiger partial charge in [-0.25, -0.2) is 0 Å². The van der Waals surface area contributed by atoms with Gasteiger partial charge in [0, 0.05) is 133 Å². The Labute approximate surface area is 797 Å². The Balaban J connectivity index is 0.000000139. The topological polar surface area (TPSA) is 32.7 Å². The van der Waals surface area contributed by atoms with E-state index in [-0.39, 0.29) is 0 Å². The van der Waals surface area contributed by atoms with Gasteiger partial charge in [0.15, 0.2) is 0 Å². The van der Waals surface area contributed by atoms with Crippen LogP contribution in [0.4, 0.5) is 68.2 Å². The molecule has 0 saturated heterocycles. The molecule has 0 atom stereocenters. The molecule has 0 aliphatic rings. The molecule has 28 rings (SSSR count). The lowest BCUT2D eigenvalue weighted by Crippen LogP contribution is -2.12. The van der Waals surface area contributed by atoms with Crippen molar-refractivity contribution in [1.82, 2.24) is 18.3 Å². The van der Waals surface area contributed by atoms with Crippen LogP contribution >= 0.6 is 0 Å². The molecule has 28 aromatic rings. The fourth-order valence-corrected chi connectivity index (χ4v) is 22.5. The van der Waals surface area contributed by atoms with Crippen molar-refractivity contribution in [2.75, 3.05) is 19.6 Å². The summed E-state index contributed by atoms with van der Waals surface area (Å²) in [5.74, 6) is 0. The van der Waals surface area contributed by atoms with Crippen LogP contribution in [0.3, 0.4) is 0 Å². The number of hydrogen-bond donors (Lipinski definition) is 0. The van der Waals surface area contributed by atoms with Gasteiger partial charge in [-0.15, -0.1) is 0 Å². The first-order chi connectivity index (χ1) is 68.3. The Bertz CT molecular complexity index is 9080. The third kappa shape index (κ3) is 12.8. The van der Waals surface area contributed by atoms with Crippen molar-refractivity contribution < 1.29 is 0 Å². The van der Waals surface area contributed by atoms with Crippen LogP contribution in [0.1, 0.15) is 11.1 Å². The second kappa shape index (κ2) is 32.3. The molecule has 0 aliphatic heterocycles. The van der Waals surface area contributed by atoms with Gasteiger partial charge in [-0.1, -0.05) is 279 Å². The van der Waals surface area contributed by atoms with E-state index in [1.165, 1.54) is 163 Å². The smallest absolute Gasteiger partial charge is 0.0542 e. The monoisotopic (exact) mass is 1760 g/mol. The van der Waals surface area contributed by atoms with Gasteiger partial charge in [0.1, 0.15) is 0 Å². The van der Waals surface area contributed by atoms with Crippen LogP contribution in [-0.2, 0) is 0 Å². The van der Waals surface area contributed by atoms with Crippen LogP contribution in [0.2, 0.25) is 0 Å². The molecule has 0 N–H and O–H groups in total. The summed E-state index contributed by atoms with van der Waals surface area (Å²) in [6.07, 6.45) is 0. The summed E-state index contributed by atoms with van der Waals surface area (Å²) in [5.41, 5.74) is 30.0. The molecule has 138 heavy (non-hydrogen) atoms. The molecule has 0 fully saturated rings. The number of para-hydroxylation sites is 10. The summed E-state index contributed by atoms with van der Waals surface area (Å²) in [6, 6.07) is 182. The minimum Gasteiger partial charge on any atom is -0.310 e. The Kier molecular flexibility index (Phi) is 18.6. The third-order valence-corrected chi connectivity index (χ3v) is 28.5. The first-order valence-electron chi connectivity index (χ1n) is 47.5. The Hall–Kier alpha value is -18.2. The normalized spacial score (nSPS) is 11.8. The van der Waals surface area contributed by atoms with Gasteiger partial charge in [0.2, 0.25) is 0 Å². The highest BCUT2D eigenvalue weighted by Gasteiger charge is 2.29. The van der Waals surface area contributed by atoms with E-state index in [0.717, 1.165) is 91.0 Å². The zero-order valence-electron chi connectivity index (χ0n) is 75.9. The molecule has 4 aromatic heterocycles. The lowest BCUT2D eigenvalue weighted by molar-refractivity contribution is 1.18. The molecular weight excluding hydrogens is 1670 g/mol. The second-order valence-electron chi connectivity index (χ2n) is 36.4. The number of aromatic nitrogens is 4. The molecule has 0 spiro atoms. The molecule has 648 valence electrons. The number of anilines is 12. The first kappa shape index (κ1) is 79.5. The van der Waals surface area contributed by atoms with Crippen LogP contribution in [0, 0.1) is 13.8 Å². The molecule has 4 heterocycles. The summed E-state index contributed by atoms with van der Waals surface area (Å²) < 4.78 is 9.55. The SMILES string of the molecule is Cc1cccc(N(c2ccc3c(c2)c2ccccc2n3-c2ccccc2)c2ccc3ccc4c(N(c5cccc(C)c5)c5ccc6c(c5)c5ccccc5n6-c5ccccc5)ccc5ccc2c3c54)c1.c1ccc(N(c2ccc3c(c2)c2ccccc2n3-c2ccccc2)c2ccc3ccc4c(N(c5ccccc5)c5ccc6c(c5)c5ccccc5n6-c5ccccc5)ccc5ccc2c3c54)cc1. The Morgan fingerprint density at radius 1 is 0.138 bits per heavy atom. The molecule has 0 radical (unpaired) electrons. The maximum atomic E-state index is 2.47. The molecule has 0 bridgehead atoms. The summed E-state index contributed by atoms with van der Waals surface area (Å²) >= 11 is 0. The molecule has 0 saturated carbocycles. The number of aryl methyl sites for hydroxylation is 2. The number of rotatable bonds is 16. The number of benzene rings is 24. The van der Waals surface area contributed by atoms with E-state index in [4.69, 9.17) is 0 Å². The molecule has 24 aromatic carbocycles. The van der Waals surface area contributed by atoms with E-state index in [9.17, 15) is 0 Å². The molecule has 8 nitrogen and oxygen atoms in total. The summed E-state index contributed by atoms with van der Waals surface area (Å²) in [6.45, 7) is 4.37. The van der Waals surface area contributed by atoms with E-state index in [1.807, 2.05) is 0 Å². The quantitative estimate of drug-likeness (QED) is 0.0903. The van der Waals surface area contributed by atoms with Crippen molar-refractivity contribution in [1.29, 1.82) is 0 Å². The molecule has 0 unspecified atom stereocenters. The summed E-state index contributed by atoms with van der Waals surface area (Å²) in [5, 5.41) is 24.5. The van der Waals surface area contributed by atoms with E-state index < -0.39 is 0 Å². The minimum atomic E-state index is 1.11. The van der Waals surface area contributed by atoms with Crippen molar-refractivity contribution in [2.45, 2.75) is 13.8 Å². The van der Waals surface area contributed by atoms with Gasteiger partial charge in [-0.2, -0.15) is 0 Å². The Morgan fingerprint density at radius 3 is 0.594 bits per heavy atom. The van der Waals surface area contributed by atoms with Crippen molar-refractivity contribution in [3.05, 3.63) is 509 Å².